The molecule has 0 fully saturated rings. The Balaban J connectivity index is 1.88. The summed E-state index contributed by atoms with van der Waals surface area (Å²) < 4.78 is 5.10. The maximum atomic E-state index is 12.2. The Labute approximate surface area is 144 Å². The van der Waals surface area contributed by atoms with Gasteiger partial charge in [-0.15, -0.1) is 0 Å². The van der Waals surface area contributed by atoms with E-state index >= 15 is 0 Å². The Bertz CT molecular complexity index is 632. The minimum Gasteiger partial charge on any atom is -0.497 e. The largest absolute Gasteiger partial charge is 0.497 e. The van der Waals surface area contributed by atoms with Crippen LogP contribution in [0.3, 0.4) is 0 Å². The number of hydrogen-bond donors (Lipinski definition) is 2. The van der Waals surface area contributed by atoms with Crippen LogP contribution in [0.1, 0.15) is 35.3 Å². The van der Waals surface area contributed by atoms with Crippen LogP contribution in [-0.2, 0) is 13.1 Å². The van der Waals surface area contributed by atoms with Gasteiger partial charge in [-0.05, 0) is 43.7 Å². The topological polar surface area (TPSA) is 42.8 Å². The second-order valence-electron chi connectivity index (χ2n) is 5.86. The first-order chi connectivity index (χ1) is 11.7. The molecule has 0 aliphatic carbocycles. The average Bonchev–Trinajstić information content (AvgIpc) is 2.65. The molecule has 0 unspecified atom stereocenters. The van der Waals surface area contributed by atoms with E-state index < -0.39 is 0 Å². The lowest BCUT2D eigenvalue weighted by molar-refractivity contribution is -0.910. The minimum atomic E-state index is -0.0747. The van der Waals surface area contributed by atoms with Gasteiger partial charge < -0.3 is 15.0 Å². The van der Waals surface area contributed by atoms with Crippen molar-refractivity contribution in [2.75, 3.05) is 20.2 Å². The molecule has 2 N–H and O–H groups in total. The second-order valence-corrected chi connectivity index (χ2v) is 5.86. The molecule has 0 aliphatic heterocycles. The fourth-order valence-corrected chi connectivity index (χ4v) is 2.59. The van der Waals surface area contributed by atoms with Gasteiger partial charge in [0.1, 0.15) is 12.3 Å². The number of methoxy groups -OCH3 is 1. The molecule has 0 bridgehead atoms. The highest BCUT2D eigenvalue weighted by molar-refractivity contribution is 5.94. The molecule has 24 heavy (non-hydrogen) atoms. The van der Waals surface area contributed by atoms with E-state index in [4.69, 9.17) is 4.74 Å². The third-order valence-electron chi connectivity index (χ3n) is 4.28. The molecule has 0 saturated heterocycles. The van der Waals surface area contributed by atoms with Crippen LogP contribution in [0.15, 0.2) is 48.5 Å². The molecule has 0 spiro atoms. The third kappa shape index (κ3) is 5.10. The van der Waals surface area contributed by atoms with Crippen LogP contribution in [0.25, 0.3) is 0 Å². The maximum Gasteiger partial charge on any atom is 0.251 e. The number of carbonyl (C=O) groups excluding carboxylic acids is 1. The second kappa shape index (κ2) is 9.08. The first kappa shape index (κ1) is 18.0. The summed E-state index contributed by atoms with van der Waals surface area (Å²) in [5.41, 5.74) is 3.08. The molecule has 0 radical (unpaired) electrons. The summed E-state index contributed by atoms with van der Waals surface area (Å²) in [6.45, 7) is 8.27. The van der Waals surface area contributed by atoms with Crippen molar-refractivity contribution in [3.8, 4) is 5.75 Å². The standard InChI is InChI=1S/C20H26N2O2/c1-4-22(5-2)15-17-8-6-16(7-9-17)14-21-20(23)18-10-12-19(24-3)13-11-18/h6-13H,4-5,14-15H2,1-3H3,(H,21,23)/p+1. The van der Waals surface area contributed by atoms with Crippen LogP contribution in [0.4, 0.5) is 0 Å². The molecule has 4 heteroatoms. The van der Waals surface area contributed by atoms with Gasteiger partial charge >= 0.3 is 0 Å². The third-order valence-corrected chi connectivity index (χ3v) is 4.28. The van der Waals surface area contributed by atoms with E-state index in [-0.39, 0.29) is 5.91 Å². The first-order valence-corrected chi connectivity index (χ1v) is 8.49. The van der Waals surface area contributed by atoms with Gasteiger partial charge in [-0.1, -0.05) is 24.3 Å². The fraction of sp³-hybridized carbons (Fsp3) is 0.350. The highest BCUT2D eigenvalue weighted by atomic mass is 16.5. The van der Waals surface area contributed by atoms with E-state index in [1.807, 2.05) is 0 Å². The highest BCUT2D eigenvalue weighted by Crippen LogP contribution is 2.11. The number of hydrogen-bond acceptors (Lipinski definition) is 2. The number of amides is 1. The molecule has 4 nitrogen and oxygen atoms in total. The van der Waals surface area contributed by atoms with Gasteiger partial charge in [0.2, 0.25) is 0 Å². The zero-order valence-corrected chi connectivity index (χ0v) is 14.8. The summed E-state index contributed by atoms with van der Waals surface area (Å²) in [4.78, 5) is 13.7. The number of ether oxygens (including phenoxy) is 1. The molecule has 0 atom stereocenters. The van der Waals surface area contributed by atoms with Crippen molar-refractivity contribution in [3.05, 3.63) is 65.2 Å². The van der Waals surface area contributed by atoms with Gasteiger partial charge in [0.25, 0.3) is 5.91 Å². The lowest BCUT2D eigenvalue weighted by atomic mass is 10.1. The van der Waals surface area contributed by atoms with Crippen LogP contribution >= 0.6 is 0 Å². The normalized spacial score (nSPS) is 10.7. The first-order valence-electron chi connectivity index (χ1n) is 8.49. The Morgan fingerprint density at radius 2 is 1.54 bits per heavy atom. The SMILES string of the molecule is CC[NH+](CC)Cc1ccc(CNC(=O)c2ccc(OC)cc2)cc1. The van der Waals surface area contributed by atoms with E-state index in [9.17, 15) is 4.79 Å². The fourth-order valence-electron chi connectivity index (χ4n) is 2.59. The van der Waals surface area contributed by atoms with Crippen molar-refractivity contribution in [3.63, 3.8) is 0 Å². The van der Waals surface area contributed by atoms with E-state index in [2.05, 4.69) is 43.4 Å². The molecule has 0 aliphatic rings. The van der Waals surface area contributed by atoms with Crippen molar-refractivity contribution in [2.24, 2.45) is 0 Å². The summed E-state index contributed by atoms with van der Waals surface area (Å²) in [5.74, 6) is 0.673. The molecule has 0 aromatic heterocycles. The Morgan fingerprint density at radius 1 is 0.958 bits per heavy atom. The van der Waals surface area contributed by atoms with Crippen molar-refractivity contribution < 1.29 is 14.4 Å². The lowest BCUT2D eigenvalue weighted by Crippen LogP contribution is -3.10. The minimum absolute atomic E-state index is 0.0747. The molecular formula is C20H27N2O2+. The Hall–Kier alpha value is -2.33. The molecule has 2 rings (SSSR count). The number of benzene rings is 2. The van der Waals surface area contributed by atoms with Crippen LogP contribution in [-0.4, -0.2) is 26.1 Å². The predicted octanol–water partition coefficient (Wildman–Crippen LogP) is 2.05. The molecule has 2 aromatic rings. The van der Waals surface area contributed by atoms with Crippen LogP contribution in [0.2, 0.25) is 0 Å². The zero-order valence-electron chi connectivity index (χ0n) is 14.8. The summed E-state index contributed by atoms with van der Waals surface area (Å²) in [6, 6.07) is 15.6. The number of quaternary nitrogens is 1. The zero-order chi connectivity index (χ0) is 17.4. The molecule has 1 amide bonds. The summed E-state index contributed by atoms with van der Waals surface area (Å²) >= 11 is 0. The lowest BCUT2D eigenvalue weighted by Gasteiger charge is -2.15. The molecular weight excluding hydrogens is 300 g/mol. The van der Waals surface area contributed by atoms with Crippen molar-refractivity contribution >= 4 is 5.91 Å². The van der Waals surface area contributed by atoms with E-state index in [1.165, 1.54) is 5.56 Å². The predicted molar refractivity (Wildman–Crippen MR) is 96.4 cm³/mol. The quantitative estimate of drug-likeness (QED) is 0.779. The van der Waals surface area contributed by atoms with Gasteiger partial charge in [-0.25, -0.2) is 0 Å². The monoisotopic (exact) mass is 327 g/mol. The van der Waals surface area contributed by atoms with Gasteiger partial charge in [0.05, 0.1) is 20.2 Å². The summed E-state index contributed by atoms with van der Waals surface area (Å²) in [6.07, 6.45) is 0. The van der Waals surface area contributed by atoms with Crippen LogP contribution in [0.5, 0.6) is 5.75 Å². The van der Waals surface area contributed by atoms with Crippen molar-refractivity contribution in [1.82, 2.24) is 5.32 Å². The number of carbonyl (C=O) groups is 1. The maximum absolute atomic E-state index is 12.2. The van der Waals surface area contributed by atoms with Gasteiger partial charge in [-0.2, -0.15) is 0 Å². The van der Waals surface area contributed by atoms with Gasteiger partial charge in [-0.3, -0.25) is 4.79 Å². The Morgan fingerprint density at radius 3 is 2.08 bits per heavy atom. The highest BCUT2D eigenvalue weighted by Gasteiger charge is 2.07. The van der Waals surface area contributed by atoms with Gasteiger partial charge in [0.15, 0.2) is 0 Å². The number of rotatable bonds is 8. The average molecular weight is 327 g/mol. The van der Waals surface area contributed by atoms with Crippen molar-refractivity contribution in [1.29, 1.82) is 0 Å². The Kier molecular flexibility index (Phi) is 6.82. The molecule has 0 saturated carbocycles. The summed E-state index contributed by atoms with van der Waals surface area (Å²) in [7, 11) is 1.61. The molecule has 0 heterocycles. The molecule has 2 aromatic carbocycles. The smallest absolute Gasteiger partial charge is 0.251 e. The van der Waals surface area contributed by atoms with Crippen LogP contribution in [0, 0.1) is 0 Å². The van der Waals surface area contributed by atoms with E-state index in [1.54, 1.807) is 36.3 Å². The van der Waals surface area contributed by atoms with Crippen molar-refractivity contribution in [2.45, 2.75) is 26.9 Å². The van der Waals surface area contributed by atoms with E-state index in [0.717, 1.165) is 30.9 Å². The van der Waals surface area contributed by atoms with E-state index in [0.29, 0.717) is 12.1 Å². The summed E-state index contributed by atoms with van der Waals surface area (Å²) in [5, 5.41) is 2.95. The molecule has 128 valence electrons. The van der Waals surface area contributed by atoms with Gasteiger partial charge in [0, 0.05) is 17.7 Å². The van der Waals surface area contributed by atoms with Crippen LogP contribution < -0.4 is 15.0 Å². The number of nitrogens with one attached hydrogen (secondary N) is 2.